The first-order chi connectivity index (χ1) is 15.4. The summed E-state index contributed by atoms with van der Waals surface area (Å²) in [6.45, 7) is 0. The van der Waals surface area contributed by atoms with E-state index in [9.17, 15) is 14.0 Å². The number of para-hydroxylation sites is 2. The number of imide groups is 1. The molecule has 0 radical (unpaired) electrons. The summed E-state index contributed by atoms with van der Waals surface area (Å²) in [5.74, 6) is -0.904. The van der Waals surface area contributed by atoms with Crippen molar-refractivity contribution in [2.75, 3.05) is 36.3 Å². The lowest BCUT2D eigenvalue weighted by atomic mass is 10.0. The van der Waals surface area contributed by atoms with E-state index in [0.717, 1.165) is 10.6 Å². The minimum Gasteiger partial charge on any atom is -0.495 e. The van der Waals surface area contributed by atoms with Gasteiger partial charge in [-0.25, -0.2) is 9.29 Å². The first kappa shape index (κ1) is 21.1. The fraction of sp³-hybridized carbons (Fsp3) is 0.120. The molecule has 1 aliphatic rings. The summed E-state index contributed by atoms with van der Waals surface area (Å²) in [6.07, 6.45) is 0. The second kappa shape index (κ2) is 8.55. The molecule has 1 heterocycles. The van der Waals surface area contributed by atoms with E-state index in [-0.39, 0.29) is 11.3 Å². The molecule has 1 N–H and O–H groups in total. The fourth-order valence-electron chi connectivity index (χ4n) is 3.56. The highest BCUT2D eigenvalue weighted by molar-refractivity contribution is 6.46. The lowest BCUT2D eigenvalue weighted by molar-refractivity contribution is -0.120. The molecule has 0 fully saturated rings. The summed E-state index contributed by atoms with van der Waals surface area (Å²) >= 11 is 0. The van der Waals surface area contributed by atoms with Crippen LogP contribution in [0.5, 0.6) is 5.75 Å². The summed E-state index contributed by atoms with van der Waals surface area (Å²) < 4.78 is 18.9. The van der Waals surface area contributed by atoms with Gasteiger partial charge in [0.2, 0.25) is 0 Å². The zero-order chi connectivity index (χ0) is 22.8. The molecule has 7 heteroatoms. The molecule has 32 heavy (non-hydrogen) atoms. The van der Waals surface area contributed by atoms with Gasteiger partial charge >= 0.3 is 0 Å². The van der Waals surface area contributed by atoms with Crippen LogP contribution in [0.4, 0.5) is 21.5 Å². The van der Waals surface area contributed by atoms with Crippen molar-refractivity contribution >= 4 is 34.4 Å². The lowest BCUT2D eigenvalue weighted by Crippen LogP contribution is -2.32. The van der Waals surface area contributed by atoms with E-state index < -0.39 is 17.6 Å². The number of halogens is 1. The molecular formula is C25H22FN3O3. The van der Waals surface area contributed by atoms with Gasteiger partial charge in [-0.1, -0.05) is 30.3 Å². The van der Waals surface area contributed by atoms with Gasteiger partial charge in [-0.3, -0.25) is 9.59 Å². The fourth-order valence-corrected chi connectivity index (χ4v) is 3.56. The van der Waals surface area contributed by atoms with Crippen molar-refractivity contribution in [1.82, 2.24) is 0 Å². The van der Waals surface area contributed by atoms with Crippen LogP contribution in [0.1, 0.15) is 5.56 Å². The molecule has 0 saturated heterocycles. The van der Waals surface area contributed by atoms with Gasteiger partial charge in [0.05, 0.1) is 24.1 Å². The molecule has 0 aliphatic carbocycles. The smallest absolute Gasteiger partial charge is 0.282 e. The minimum absolute atomic E-state index is 0.0985. The molecule has 0 saturated carbocycles. The van der Waals surface area contributed by atoms with E-state index in [0.29, 0.717) is 22.7 Å². The lowest BCUT2D eigenvalue weighted by Gasteiger charge is -2.19. The standard InChI is InChI=1S/C25H22FN3O3/c1-28(2)18-7-6-8-19(15-18)29-24(30)22(16-11-13-17(26)14-12-16)23(25(29)31)27-20-9-4-5-10-21(20)32-3/h4-15,27H,1-3H3. The van der Waals surface area contributed by atoms with Gasteiger partial charge in [-0.05, 0) is 48.0 Å². The van der Waals surface area contributed by atoms with Crippen LogP contribution in [0.3, 0.4) is 0 Å². The Bertz CT molecular complexity index is 1220. The van der Waals surface area contributed by atoms with E-state index in [1.165, 1.54) is 31.4 Å². The first-order valence-electron chi connectivity index (χ1n) is 9.97. The van der Waals surface area contributed by atoms with Crippen LogP contribution in [-0.2, 0) is 9.59 Å². The Morgan fingerprint density at radius 3 is 2.31 bits per heavy atom. The summed E-state index contributed by atoms with van der Waals surface area (Å²) in [7, 11) is 5.28. The number of ether oxygens (including phenoxy) is 1. The largest absolute Gasteiger partial charge is 0.495 e. The number of methoxy groups -OCH3 is 1. The number of hydrogen-bond donors (Lipinski definition) is 1. The number of anilines is 3. The number of rotatable bonds is 6. The number of nitrogens with zero attached hydrogens (tertiary/aromatic N) is 2. The number of hydrogen-bond acceptors (Lipinski definition) is 5. The molecule has 2 amide bonds. The average molecular weight is 431 g/mol. The molecule has 0 aromatic heterocycles. The Kier molecular flexibility index (Phi) is 5.64. The van der Waals surface area contributed by atoms with Crippen LogP contribution in [0, 0.1) is 5.82 Å². The third kappa shape index (κ3) is 3.80. The zero-order valence-corrected chi connectivity index (χ0v) is 17.9. The van der Waals surface area contributed by atoms with Gasteiger partial charge in [0.25, 0.3) is 11.8 Å². The van der Waals surface area contributed by atoms with E-state index >= 15 is 0 Å². The quantitative estimate of drug-likeness (QED) is 0.590. The van der Waals surface area contributed by atoms with Gasteiger partial charge in [-0.2, -0.15) is 0 Å². The van der Waals surface area contributed by atoms with E-state index in [4.69, 9.17) is 4.74 Å². The highest BCUT2D eigenvalue weighted by Crippen LogP contribution is 2.36. The first-order valence-corrected chi connectivity index (χ1v) is 9.97. The van der Waals surface area contributed by atoms with Crippen LogP contribution in [0.25, 0.3) is 5.57 Å². The van der Waals surface area contributed by atoms with Gasteiger partial charge in [0.1, 0.15) is 17.3 Å². The number of carbonyl (C=O) groups excluding carboxylic acids is 2. The predicted molar refractivity (Wildman–Crippen MR) is 123 cm³/mol. The summed E-state index contributed by atoms with van der Waals surface area (Å²) in [5, 5.41) is 3.08. The Labute approximate surface area is 185 Å². The molecule has 0 bridgehead atoms. The second-order valence-corrected chi connectivity index (χ2v) is 7.44. The molecule has 3 aromatic rings. The zero-order valence-electron chi connectivity index (χ0n) is 17.9. The van der Waals surface area contributed by atoms with E-state index in [1.807, 2.05) is 25.1 Å². The summed E-state index contributed by atoms with van der Waals surface area (Å²) in [6, 6.07) is 19.7. The van der Waals surface area contributed by atoms with Crippen molar-refractivity contribution in [2.24, 2.45) is 0 Å². The molecule has 3 aromatic carbocycles. The Morgan fingerprint density at radius 1 is 0.906 bits per heavy atom. The highest BCUT2D eigenvalue weighted by Gasteiger charge is 2.40. The summed E-state index contributed by atoms with van der Waals surface area (Å²) in [5.41, 5.74) is 2.53. The molecular weight excluding hydrogens is 409 g/mol. The monoisotopic (exact) mass is 431 g/mol. The van der Waals surface area contributed by atoms with E-state index in [1.54, 1.807) is 42.5 Å². The highest BCUT2D eigenvalue weighted by atomic mass is 19.1. The van der Waals surface area contributed by atoms with Crippen LogP contribution < -0.4 is 19.9 Å². The topological polar surface area (TPSA) is 61.9 Å². The van der Waals surface area contributed by atoms with Crippen LogP contribution >= 0.6 is 0 Å². The van der Waals surface area contributed by atoms with Gasteiger partial charge in [0, 0.05) is 19.8 Å². The van der Waals surface area contributed by atoms with Crippen LogP contribution in [-0.4, -0.2) is 33.0 Å². The molecule has 0 atom stereocenters. The number of carbonyl (C=O) groups is 2. The normalized spacial score (nSPS) is 13.6. The van der Waals surface area contributed by atoms with Crippen molar-refractivity contribution < 1.29 is 18.7 Å². The third-order valence-electron chi connectivity index (χ3n) is 5.19. The van der Waals surface area contributed by atoms with Gasteiger partial charge < -0.3 is 15.0 Å². The van der Waals surface area contributed by atoms with Crippen molar-refractivity contribution in [3.8, 4) is 5.75 Å². The van der Waals surface area contributed by atoms with Gasteiger partial charge in [-0.15, -0.1) is 0 Å². The Morgan fingerprint density at radius 2 is 1.62 bits per heavy atom. The Hall–Kier alpha value is -4.13. The maximum absolute atomic E-state index is 13.5. The maximum atomic E-state index is 13.5. The number of amides is 2. The van der Waals surface area contributed by atoms with Crippen molar-refractivity contribution in [3.05, 3.63) is 89.9 Å². The third-order valence-corrected chi connectivity index (χ3v) is 5.19. The maximum Gasteiger partial charge on any atom is 0.282 e. The minimum atomic E-state index is -0.504. The molecule has 1 aliphatic heterocycles. The Balaban J connectivity index is 1.83. The molecule has 162 valence electrons. The number of benzene rings is 3. The molecule has 0 spiro atoms. The van der Waals surface area contributed by atoms with Crippen LogP contribution in [0.2, 0.25) is 0 Å². The van der Waals surface area contributed by atoms with Crippen molar-refractivity contribution in [3.63, 3.8) is 0 Å². The van der Waals surface area contributed by atoms with Crippen molar-refractivity contribution in [2.45, 2.75) is 0 Å². The molecule has 0 unspecified atom stereocenters. The van der Waals surface area contributed by atoms with Crippen LogP contribution in [0.15, 0.2) is 78.5 Å². The predicted octanol–water partition coefficient (Wildman–Crippen LogP) is 4.30. The summed E-state index contributed by atoms with van der Waals surface area (Å²) in [4.78, 5) is 30.0. The molecule has 4 rings (SSSR count). The molecule has 6 nitrogen and oxygen atoms in total. The number of nitrogens with one attached hydrogen (secondary N) is 1. The second-order valence-electron chi connectivity index (χ2n) is 7.44. The van der Waals surface area contributed by atoms with Crippen molar-refractivity contribution in [1.29, 1.82) is 0 Å². The SMILES string of the molecule is COc1ccccc1NC1=C(c2ccc(F)cc2)C(=O)N(c2cccc(N(C)C)c2)C1=O. The van der Waals surface area contributed by atoms with E-state index in [2.05, 4.69) is 5.32 Å². The van der Waals surface area contributed by atoms with Gasteiger partial charge in [0.15, 0.2) is 0 Å². The average Bonchev–Trinajstić information content (AvgIpc) is 3.04.